The van der Waals surface area contributed by atoms with Crippen LogP contribution in [-0.2, 0) is 17.8 Å². The minimum atomic E-state index is -0.0599. The Balaban J connectivity index is 1.46. The number of ether oxygens (including phenoxy) is 1. The number of carbonyl (C=O) groups is 1. The number of aryl methyl sites for hydroxylation is 1. The molecule has 1 aromatic heterocycles. The van der Waals surface area contributed by atoms with Gasteiger partial charge >= 0.3 is 0 Å². The molecule has 0 saturated heterocycles. The van der Waals surface area contributed by atoms with Crippen LogP contribution >= 0.6 is 0 Å². The minimum Gasteiger partial charge on any atom is -0.497 e. The Hall–Kier alpha value is -3.15. The van der Waals surface area contributed by atoms with Crippen molar-refractivity contribution in [1.29, 1.82) is 0 Å². The fraction of sp³-hybridized carbons (Fsp3) is 0.211. The number of hydrogen-bond donors (Lipinski definition) is 1. The quantitative estimate of drug-likeness (QED) is 0.717. The molecule has 128 valence electrons. The number of aromatic nitrogens is 2. The monoisotopic (exact) mass is 337 g/mol. The third-order valence-electron chi connectivity index (χ3n) is 3.72. The zero-order chi connectivity index (χ0) is 17.5. The van der Waals surface area contributed by atoms with E-state index >= 15 is 0 Å². The Kier molecular flexibility index (Phi) is 5.41. The van der Waals surface area contributed by atoms with E-state index in [4.69, 9.17) is 9.15 Å². The Morgan fingerprint density at radius 1 is 1.08 bits per heavy atom. The second kappa shape index (κ2) is 8.10. The summed E-state index contributed by atoms with van der Waals surface area (Å²) in [5, 5.41) is 10.7. The molecular weight excluding hydrogens is 318 g/mol. The average Bonchev–Trinajstić information content (AvgIpc) is 3.15. The van der Waals surface area contributed by atoms with E-state index < -0.39 is 0 Å². The van der Waals surface area contributed by atoms with Gasteiger partial charge in [0.2, 0.25) is 17.7 Å². The lowest BCUT2D eigenvalue weighted by Gasteiger charge is -2.04. The summed E-state index contributed by atoms with van der Waals surface area (Å²) in [4.78, 5) is 12.0. The molecule has 0 bridgehead atoms. The number of nitrogens with one attached hydrogen (secondary N) is 1. The first-order valence-corrected chi connectivity index (χ1v) is 8.02. The number of hydrogen-bond acceptors (Lipinski definition) is 5. The van der Waals surface area contributed by atoms with Gasteiger partial charge in [-0.25, -0.2) is 0 Å². The number of benzene rings is 2. The average molecular weight is 337 g/mol. The van der Waals surface area contributed by atoms with Crippen LogP contribution in [0.15, 0.2) is 59.0 Å². The number of rotatable bonds is 7. The third-order valence-corrected chi connectivity index (χ3v) is 3.72. The fourth-order valence-corrected chi connectivity index (χ4v) is 2.34. The molecule has 0 unspecified atom stereocenters. The van der Waals surface area contributed by atoms with Crippen LogP contribution in [0.4, 0.5) is 0 Å². The van der Waals surface area contributed by atoms with E-state index in [-0.39, 0.29) is 12.5 Å². The van der Waals surface area contributed by atoms with Crippen LogP contribution in [0.2, 0.25) is 0 Å². The molecule has 0 saturated carbocycles. The van der Waals surface area contributed by atoms with E-state index in [9.17, 15) is 4.79 Å². The molecule has 0 fully saturated rings. The van der Waals surface area contributed by atoms with Crippen molar-refractivity contribution in [2.24, 2.45) is 0 Å². The van der Waals surface area contributed by atoms with Crippen molar-refractivity contribution in [3.8, 4) is 17.2 Å². The van der Waals surface area contributed by atoms with Crippen molar-refractivity contribution in [1.82, 2.24) is 15.5 Å². The highest BCUT2D eigenvalue weighted by Gasteiger charge is 2.09. The van der Waals surface area contributed by atoms with Crippen LogP contribution < -0.4 is 10.1 Å². The van der Waals surface area contributed by atoms with Crippen molar-refractivity contribution in [2.75, 3.05) is 7.11 Å². The molecule has 0 aliphatic heterocycles. The van der Waals surface area contributed by atoms with Crippen LogP contribution in [0.1, 0.15) is 17.9 Å². The molecule has 3 aromatic rings. The van der Waals surface area contributed by atoms with Gasteiger partial charge in [0, 0.05) is 12.0 Å². The van der Waals surface area contributed by atoms with Crippen molar-refractivity contribution in [2.45, 2.75) is 19.4 Å². The highest BCUT2D eigenvalue weighted by atomic mass is 16.5. The molecule has 0 radical (unpaired) electrons. The summed E-state index contributed by atoms with van der Waals surface area (Å²) in [6.07, 6.45) is 1.06. The number of carbonyl (C=O) groups excluding carboxylic acids is 1. The lowest BCUT2D eigenvalue weighted by Crippen LogP contribution is -2.23. The molecule has 2 aromatic carbocycles. The molecule has 0 aliphatic rings. The molecule has 1 heterocycles. The molecule has 6 heteroatoms. The second-order valence-electron chi connectivity index (χ2n) is 5.49. The van der Waals surface area contributed by atoms with Gasteiger partial charge in [-0.05, 0) is 36.2 Å². The van der Waals surface area contributed by atoms with Gasteiger partial charge < -0.3 is 14.5 Å². The standard InChI is InChI=1S/C19H19N3O3/c1-24-16-10-7-14(8-11-16)9-12-17(23)20-13-18-21-22-19(25-18)15-5-3-2-4-6-15/h2-8,10-11H,9,12-13H2,1H3,(H,20,23). The lowest BCUT2D eigenvalue weighted by atomic mass is 10.1. The molecule has 1 amide bonds. The fourth-order valence-electron chi connectivity index (χ4n) is 2.34. The van der Waals surface area contributed by atoms with Crippen LogP contribution in [0, 0.1) is 0 Å². The van der Waals surface area contributed by atoms with Crippen LogP contribution in [0.3, 0.4) is 0 Å². The smallest absolute Gasteiger partial charge is 0.247 e. The highest BCUT2D eigenvalue weighted by Crippen LogP contribution is 2.16. The Morgan fingerprint density at radius 2 is 1.84 bits per heavy atom. The maximum atomic E-state index is 12.0. The number of amides is 1. The van der Waals surface area contributed by atoms with E-state index in [1.54, 1.807) is 7.11 Å². The van der Waals surface area contributed by atoms with Gasteiger partial charge in [0.1, 0.15) is 5.75 Å². The molecule has 3 rings (SSSR count). The van der Waals surface area contributed by atoms with Gasteiger partial charge in [0.25, 0.3) is 0 Å². The van der Waals surface area contributed by atoms with Gasteiger partial charge in [0.15, 0.2) is 0 Å². The topological polar surface area (TPSA) is 77.2 Å². The lowest BCUT2D eigenvalue weighted by molar-refractivity contribution is -0.121. The Morgan fingerprint density at radius 3 is 2.56 bits per heavy atom. The Bertz CT molecular complexity index is 813. The van der Waals surface area contributed by atoms with Gasteiger partial charge in [-0.3, -0.25) is 4.79 Å². The third kappa shape index (κ3) is 4.67. The van der Waals surface area contributed by atoms with E-state index in [0.29, 0.717) is 24.6 Å². The molecule has 0 aliphatic carbocycles. The van der Waals surface area contributed by atoms with Crippen molar-refractivity contribution >= 4 is 5.91 Å². The molecule has 1 N–H and O–H groups in total. The van der Waals surface area contributed by atoms with Gasteiger partial charge in [-0.2, -0.15) is 0 Å². The molecule has 0 atom stereocenters. The van der Waals surface area contributed by atoms with E-state index in [2.05, 4.69) is 15.5 Å². The van der Waals surface area contributed by atoms with Gasteiger partial charge in [-0.15, -0.1) is 10.2 Å². The predicted molar refractivity (Wildman–Crippen MR) is 92.9 cm³/mol. The zero-order valence-corrected chi connectivity index (χ0v) is 13.9. The first-order chi connectivity index (χ1) is 12.2. The van der Waals surface area contributed by atoms with E-state index in [1.807, 2.05) is 54.6 Å². The van der Waals surface area contributed by atoms with Crippen LogP contribution in [0.5, 0.6) is 5.75 Å². The maximum absolute atomic E-state index is 12.0. The number of methoxy groups -OCH3 is 1. The van der Waals surface area contributed by atoms with E-state index in [0.717, 1.165) is 16.9 Å². The summed E-state index contributed by atoms with van der Waals surface area (Å²) in [5.74, 6) is 1.58. The summed E-state index contributed by atoms with van der Waals surface area (Å²) in [7, 11) is 1.63. The summed E-state index contributed by atoms with van der Waals surface area (Å²) >= 11 is 0. The first kappa shape index (κ1) is 16.7. The van der Waals surface area contributed by atoms with E-state index in [1.165, 1.54) is 0 Å². The summed E-state index contributed by atoms with van der Waals surface area (Å²) in [6, 6.07) is 17.2. The normalized spacial score (nSPS) is 10.4. The molecular formula is C19H19N3O3. The molecule has 0 spiro atoms. The van der Waals surface area contributed by atoms with Crippen LogP contribution in [0.25, 0.3) is 11.5 Å². The summed E-state index contributed by atoms with van der Waals surface area (Å²) in [5.41, 5.74) is 1.94. The maximum Gasteiger partial charge on any atom is 0.247 e. The second-order valence-corrected chi connectivity index (χ2v) is 5.49. The SMILES string of the molecule is COc1ccc(CCC(=O)NCc2nnc(-c3ccccc3)o2)cc1. The first-order valence-electron chi connectivity index (χ1n) is 8.02. The zero-order valence-electron chi connectivity index (χ0n) is 13.9. The predicted octanol–water partition coefficient (Wildman–Crippen LogP) is 2.99. The summed E-state index contributed by atoms with van der Waals surface area (Å²) in [6.45, 7) is 0.223. The summed E-state index contributed by atoms with van der Waals surface area (Å²) < 4.78 is 10.7. The van der Waals surface area contributed by atoms with Crippen LogP contribution in [-0.4, -0.2) is 23.2 Å². The molecule has 6 nitrogen and oxygen atoms in total. The number of nitrogens with zero attached hydrogens (tertiary/aromatic N) is 2. The van der Waals surface area contributed by atoms with Gasteiger partial charge in [-0.1, -0.05) is 30.3 Å². The van der Waals surface area contributed by atoms with Crippen molar-refractivity contribution in [3.63, 3.8) is 0 Å². The van der Waals surface area contributed by atoms with Gasteiger partial charge in [0.05, 0.1) is 13.7 Å². The van der Waals surface area contributed by atoms with Crippen molar-refractivity contribution in [3.05, 3.63) is 66.1 Å². The minimum absolute atomic E-state index is 0.0599. The molecule has 25 heavy (non-hydrogen) atoms. The Labute approximate surface area is 145 Å². The highest BCUT2D eigenvalue weighted by molar-refractivity contribution is 5.76. The largest absolute Gasteiger partial charge is 0.497 e. The van der Waals surface area contributed by atoms with Crippen molar-refractivity contribution < 1.29 is 13.9 Å².